The lowest BCUT2D eigenvalue weighted by atomic mass is 10.0. The second kappa shape index (κ2) is 8.21. The molecule has 1 fully saturated rings. The monoisotopic (exact) mass is 384 g/mol. The predicted octanol–water partition coefficient (Wildman–Crippen LogP) is 5.01. The van der Waals surface area contributed by atoms with E-state index in [4.69, 9.17) is 32.7 Å². The van der Waals surface area contributed by atoms with Crippen LogP contribution in [0.3, 0.4) is 0 Å². The minimum absolute atomic E-state index is 0.0794. The number of benzene rings is 1. The summed E-state index contributed by atoms with van der Waals surface area (Å²) >= 11 is 12.1. The molecule has 0 aliphatic carbocycles. The number of hydrogen-bond acceptors (Lipinski definition) is 4. The SMILES string of the molecule is Cc1ccc(OC[C@H]2CCCNC2)c(Oc2c(Cl)cc(F)cc2Cl)n1. The van der Waals surface area contributed by atoms with Crippen molar-refractivity contribution in [1.82, 2.24) is 10.3 Å². The van der Waals surface area contributed by atoms with E-state index in [1.165, 1.54) is 0 Å². The van der Waals surface area contributed by atoms with Crippen molar-refractivity contribution in [2.75, 3.05) is 19.7 Å². The molecule has 0 bridgehead atoms. The summed E-state index contributed by atoms with van der Waals surface area (Å²) in [5.41, 5.74) is 0.760. The van der Waals surface area contributed by atoms with Crippen molar-refractivity contribution in [3.8, 4) is 17.4 Å². The van der Waals surface area contributed by atoms with Gasteiger partial charge in [-0.05, 0) is 50.6 Å². The van der Waals surface area contributed by atoms with Crippen LogP contribution >= 0.6 is 23.2 Å². The lowest BCUT2D eigenvalue weighted by molar-refractivity contribution is 0.211. The maximum absolute atomic E-state index is 13.3. The van der Waals surface area contributed by atoms with E-state index in [-0.39, 0.29) is 21.7 Å². The number of rotatable bonds is 5. The largest absolute Gasteiger partial charge is 0.488 e. The summed E-state index contributed by atoms with van der Waals surface area (Å²) < 4.78 is 25.0. The number of nitrogens with one attached hydrogen (secondary N) is 1. The van der Waals surface area contributed by atoms with E-state index >= 15 is 0 Å². The van der Waals surface area contributed by atoms with Crippen molar-refractivity contribution in [2.45, 2.75) is 19.8 Å². The fourth-order valence-corrected chi connectivity index (χ4v) is 3.24. The van der Waals surface area contributed by atoms with Crippen molar-refractivity contribution >= 4 is 23.2 Å². The number of pyridine rings is 1. The van der Waals surface area contributed by atoms with Crippen LogP contribution in [0.5, 0.6) is 17.4 Å². The fourth-order valence-electron chi connectivity index (χ4n) is 2.70. The Bertz CT molecular complexity index is 729. The number of aromatic nitrogens is 1. The average Bonchev–Trinajstić information content (AvgIpc) is 2.58. The number of hydrogen-bond donors (Lipinski definition) is 1. The third-order valence-electron chi connectivity index (χ3n) is 4.00. The number of halogens is 3. The third kappa shape index (κ3) is 4.75. The molecule has 0 radical (unpaired) electrons. The molecule has 0 unspecified atom stereocenters. The molecule has 2 heterocycles. The van der Waals surface area contributed by atoms with E-state index in [0.29, 0.717) is 18.3 Å². The van der Waals surface area contributed by atoms with Gasteiger partial charge in [-0.15, -0.1) is 0 Å². The van der Waals surface area contributed by atoms with Crippen LogP contribution in [-0.2, 0) is 0 Å². The Morgan fingerprint density at radius 2 is 2.04 bits per heavy atom. The van der Waals surface area contributed by atoms with E-state index in [0.717, 1.165) is 43.8 Å². The van der Waals surface area contributed by atoms with Gasteiger partial charge in [-0.2, -0.15) is 0 Å². The Morgan fingerprint density at radius 1 is 1.28 bits per heavy atom. The Labute approximate surface area is 156 Å². The van der Waals surface area contributed by atoms with Crippen LogP contribution in [0.25, 0.3) is 0 Å². The zero-order valence-corrected chi connectivity index (χ0v) is 15.3. The van der Waals surface area contributed by atoms with Crippen molar-refractivity contribution < 1.29 is 13.9 Å². The molecule has 1 aromatic carbocycles. The lowest BCUT2D eigenvalue weighted by Gasteiger charge is -2.23. The quantitative estimate of drug-likeness (QED) is 0.786. The average molecular weight is 385 g/mol. The molecule has 134 valence electrons. The first-order chi connectivity index (χ1) is 12.0. The second-order valence-electron chi connectivity index (χ2n) is 6.08. The number of aryl methyl sites for hydroxylation is 1. The lowest BCUT2D eigenvalue weighted by Crippen LogP contribution is -2.33. The van der Waals surface area contributed by atoms with Crippen molar-refractivity contribution in [1.29, 1.82) is 0 Å². The summed E-state index contributed by atoms with van der Waals surface area (Å²) in [7, 11) is 0. The summed E-state index contributed by atoms with van der Waals surface area (Å²) in [5, 5.41) is 3.52. The van der Waals surface area contributed by atoms with Gasteiger partial charge in [0.25, 0.3) is 5.88 Å². The maximum Gasteiger partial charge on any atom is 0.262 e. The molecule has 1 aromatic heterocycles. The number of ether oxygens (including phenoxy) is 2. The van der Waals surface area contributed by atoms with E-state index in [1.807, 2.05) is 13.0 Å². The molecule has 4 nitrogen and oxygen atoms in total. The molecular weight excluding hydrogens is 366 g/mol. The van der Waals surface area contributed by atoms with Crippen LogP contribution < -0.4 is 14.8 Å². The molecule has 25 heavy (non-hydrogen) atoms. The summed E-state index contributed by atoms with van der Waals surface area (Å²) in [6.07, 6.45) is 2.27. The molecule has 7 heteroatoms. The molecule has 0 spiro atoms. The molecule has 1 saturated heterocycles. The van der Waals surface area contributed by atoms with Gasteiger partial charge in [0.2, 0.25) is 0 Å². The highest BCUT2D eigenvalue weighted by Crippen LogP contribution is 2.39. The van der Waals surface area contributed by atoms with E-state index in [2.05, 4.69) is 10.3 Å². The zero-order valence-electron chi connectivity index (χ0n) is 13.8. The Kier molecular flexibility index (Phi) is 5.99. The summed E-state index contributed by atoms with van der Waals surface area (Å²) in [4.78, 5) is 4.36. The van der Waals surface area contributed by atoms with Gasteiger partial charge in [-0.25, -0.2) is 9.37 Å². The standard InChI is InChI=1S/C18H19Cl2FN2O2/c1-11-4-5-16(24-10-12-3-2-6-22-9-12)18(23-11)25-17-14(19)7-13(21)8-15(17)20/h4-5,7-8,12,22H,2-3,6,9-10H2,1H3/t12-/m0/s1. The van der Waals surface area contributed by atoms with Gasteiger partial charge in [0.1, 0.15) is 5.82 Å². The normalized spacial score (nSPS) is 17.4. The van der Waals surface area contributed by atoms with Crippen LogP contribution in [-0.4, -0.2) is 24.7 Å². The zero-order chi connectivity index (χ0) is 17.8. The Morgan fingerprint density at radius 3 is 2.72 bits per heavy atom. The van der Waals surface area contributed by atoms with Crippen molar-refractivity contribution in [3.05, 3.63) is 45.8 Å². The van der Waals surface area contributed by atoms with Crippen LogP contribution in [0.15, 0.2) is 24.3 Å². The molecule has 3 rings (SSSR count). The fraction of sp³-hybridized carbons (Fsp3) is 0.389. The first-order valence-corrected chi connectivity index (χ1v) is 8.92. The highest BCUT2D eigenvalue weighted by Gasteiger charge is 2.18. The summed E-state index contributed by atoms with van der Waals surface area (Å²) in [5.74, 6) is 0.848. The van der Waals surface area contributed by atoms with E-state index in [9.17, 15) is 4.39 Å². The van der Waals surface area contributed by atoms with Crippen LogP contribution in [0, 0.1) is 18.7 Å². The van der Waals surface area contributed by atoms with Gasteiger partial charge >= 0.3 is 0 Å². The maximum atomic E-state index is 13.3. The first-order valence-electron chi connectivity index (χ1n) is 8.16. The van der Waals surface area contributed by atoms with Crippen LogP contribution in [0.2, 0.25) is 10.0 Å². The minimum atomic E-state index is -0.527. The number of piperidine rings is 1. The van der Waals surface area contributed by atoms with Crippen LogP contribution in [0.1, 0.15) is 18.5 Å². The van der Waals surface area contributed by atoms with Gasteiger partial charge in [-0.1, -0.05) is 23.2 Å². The molecule has 1 N–H and O–H groups in total. The minimum Gasteiger partial charge on any atom is -0.488 e. The molecule has 2 aromatic rings. The second-order valence-corrected chi connectivity index (χ2v) is 6.89. The van der Waals surface area contributed by atoms with Crippen molar-refractivity contribution in [2.24, 2.45) is 5.92 Å². The van der Waals surface area contributed by atoms with Gasteiger partial charge in [0.15, 0.2) is 11.5 Å². The van der Waals surface area contributed by atoms with Gasteiger partial charge in [0, 0.05) is 18.2 Å². The molecule has 0 amide bonds. The van der Waals surface area contributed by atoms with E-state index in [1.54, 1.807) is 6.07 Å². The Hall–Kier alpha value is -1.56. The first kappa shape index (κ1) is 18.2. The third-order valence-corrected chi connectivity index (χ3v) is 4.56. The summed E-state index contributed by atoms with van der Waals surface area (Å²) in [6.45, 7) is 4.40. The highest BCUT2D eigenvalue weighted by molar-refractivity contribution is 6.37. The van der Waals surface area contributed by atoms with Crippen LogP contribution in [0.4, 0.5) is 4.39 Å². The number of nitrogens with zero attached hydrogens (tertiary/aromatic N) is 1. The Balaban J connectivity index is 1.79. The van der Waals surface area contributed by atoms with Gasteiger partial charge in [-0.3, -0.25) is 0 Å². The van der Waals surface area contributed by atoms with Gasteiger partial charge in [0.05, 0.1) is 16.7 Å². The highest BCUT2D eigenvalue weighted by atomic mass is 35.5. The van der Waals surface area contributed by atoms with Crippen molar-refractivity contribution in [3.63, 3.8) is 0 Å². The molecule has 1 atom stereocenters. The topological polar surface area (TPSA) is 43.4 Å². The molecular formula is C18H19Cl2FN2O2. The molecule has 1 aliphatic rings. The van der Waals surface area contributed by atoms with E-state index < -0.39 is 5.82 Å². The predicted molar refractivity (Wildman–Crippen MR) is 96.6 cm³/mol. The van der Waals surface area contributed by atoms with Gasteiger partial charge < -0.3 is 14.8 Å². The summed E-state index contributed by atoms with van der Waals surface area (Å²) in [6, 6.07) is 5.94. The molecule has 1 aliphatic heterocycles. The smallest absolute Gasteiger partial charge is 0.262 e. The molecule has 0 saturated carbocycles.